The van der Waals surface area contributed by atoms with Crippen LogP contribution in [0.5, 0.6) is 0 Å². The van der Waals surface area contributed by atoms with Crippen molar-refractivity contribution in [2.45, 2.75) is 90.5 Å². The Hall–Kier alpha value is -1.94. The van der Waals surface area contributed by atoms with E-state index in [1.54, 1.807) is 34.9 Å². The zero-order chi connectivity index (χ0) is 26.8. The fourth-order valence-electron chi connectivity index (χ4n) is 3.74. The lowest BCUT2D eigenvalue weighted by Gasteiger charge is -2.29. The van der Waals surface area contributed by atoms with E-state index in [0.29, 0.717) is 19.5 Å². The highest BCUT2D eigenvalue weighted by Gasteiger charge is 2.39. The average molecular weight is 513 g/mol. The van der Waals surface area contributed by atoms with Crippen LogP contribution >= 0.6 is 11.8 Å². The minimum atomic E-state index is -0.837. The van der Waals surface area contributed by atoms with Gasteiger partial charge in [0.05, 0.1) is 5.25 Å². The van der Waals surface area contributed by atoms with Crippen LogP contribution in [0, 0.1) is 5.41 Å². The van der Waals surface area contributed by atoms with Crippen LogP contribution in [0.4, 0.5) is 0 Å². The van der Waals surface area contributed by atoms with Crippen molar-refractivity contribution in [3.05, 3.63) is 0 Å². The topological polar surface area (TPSA) is 116 Å². The molecule has 0 radical (unpaired) electrons. The SMILES string of the molecule is CNCCNC(=O)[C@H](CC(=O)C(C)(C)C)N(C)C(=O)CCCCCSC1CC(=O)N(C(C)C)C1=O. The summed E-state index contributed by atoms with van der Waals surface area (Å²) in [4.78, 5) is 65.2. The van der Waals surface area contributed by atoms with Crippen LogP contribution in [0.1, 0.15) is 73.1 Å². The molecule has 1 aliphatic heterocycles. The number of hydrogen-bond donors (Lipinski definition) is 2. The van der Waals surface area contributed by atoms with Crippen molar-refractivity contribution in [2.24, 2.45) is 5.41 Å². The molecule has 0 spiro atoms. The van der Waals surface area contributed by atoms with Gasteiger partial charge in [-0.15, -0.1) is 11.8 Å². The summed E-state index contributed by atoms with van der Waals surface area (Å²) in [6.07, 6.45) is 2.81. The number of imide groups is 1. The normalized spacial score (nSPS) is 17.1. The second-order valence-electron chi connectivity index (χ2n) is 10.4. The molecule has 1 saturated heterocycles. The zero-order valence-electron chi connectivity index (χ0n) is 22.4. The van der Waals surface area contributed by atoms with Gasteiger partial charge in [0, 0.05) is 50.9 Å². The van der Waals surface area contributed by atoms with E-state index < -0.39 is 11.5 Å². The van der Waals surface area contributed by atoms with E-state index in [9.17, 15) is 24.0 Å². The summed E-state index contributed by atoms with van der Waals surface area (Å²) in [7, 11) is 3.37. The lowest BCUT2D eigenvalue weighted by Crippen LogP contribution is -2.50. The van der Waals surface area contributed by atoms with Crippen LogP contribution in [-0.4, -0.2) is 89.5 Å². The number of hydrogen-bond acceptors (Lipinski definition) is 7. The van der Waals surface area contributed by atoms with E-state index in [1.807, 2.05) is 13.8 Å². The Morgan fingerprint density at radius 3 is 2.31 bits per heavy atom. The van der Waals surface area contributed by atoms with Gasteiger partial charge >= 0.3 is 0 Å². The Balaban J connectivity index is 2.50. The van der Waals surface area contributed by atoms with Gasteiger partial charge in [0.15, 0.2) is 0 Å². The van der Waals surface area contributed by atoms with Gasteiger partial charge in [-0.3, -0.25) is 28.9 Å². The Bertz CT molecular complexity index is 765. The van der Waals surface area contributed by atoms with Crippen LogP contribution in [0.15, 0.2) is 0 Å². The second-order valence-corrected chi connectivity index (χ2v) is 11.7. The average Bonchev–Trinajstić information content (AvgIpc) is 3.05. The number of amides is 4. The summed E-state index contributed by atoms with van der Waals surface area (Å²) in [5.74, 6) is -0.0234. The molecule has 10 heteroatoms. The van der Waals surface area contributed by atoms with E-state index >= 15 is 0 Å². The molecule has 0 aromatic carbocycles. The largest absolute Gasteiger partial charge is 0.353 e. The maximum atomic E-state index is 12.8. The monoisotopic (exact) mass is 512 g/mol. The van der Waals surface area contributed by atoms with Crippen LogP contribution in [0.25, 0.3) is 0 Å². The van der Waals surface area contributed by atoms with Crippen molar-refractivity contribution in [3.63, 3.8) is 0 Å². The fraction of sp³-hybridized carbons (Fsp3) is 0.800. The van der Waals surface area contributed by atoms with Crippen LogP contribution in [0.2, 0.25) is 0 Å². The fourth-order valence-corrected chi connectivity index (χ4v) is 4.91. The quantitative estimate of drug-likeness (QED) is 0.255. The molecule has 1 unspecified atom stereocenters. The first kappa shape index (κ1) is 31.1. The first-order chi connectivity index (χ1) is 16.3. The summed E-state index contributed by atoms with van der Waals surface area (Å²) in [5, 5.41) is 5.44. The summed E-state index contributed by atoms with van der Waals surface area (Å²) in [6.45, 7) is 10.1. The van der Waals surface area contributed by atoms with Gasteiger partial charge in [0.1, 0.15) is 11.8 Å². The number of likely N-dealkylation sites (N-methyl/N-ethyl adjacent to an activating group) is 2. The van der Waals surface area contributed by atoms with E-state index in [-0.39, 0.29) is 60.0 Å². The van der Waals surface area contributed by atoms with E-state index in [0.717, 1.165) is 18.6 Å². The number of nitrogens with zero attached hydrogens (tertiary/aromatic N) is 2. The molecular weight excluding hydrogens is 468 g/mol. The molecule has 9 nitrogen and oxygen atoms in total. The molecule has 0 aromatic heterocycles. The van der Waals surface area contributed by atoms with Gasteiger partial charge in [0.25, 0.3) is 0 Å². The third-order valence-electron chi connectivity index (χ3n) is 6.07. The minimum absolute atomic E-state index is 0.0186. The van der Waals surface area contributed by atoms with Crippen LogP contribution in [0.3, 0.4) is 0 Å². The van der Waals surface area contributed by atoms with Crippen molar-refractivity contribution < 1.29 is 24.0 Å². The molecule has 0 aliphatic carbocycles. The summed E-state index contributed by atoms with van der Waals surface area (Å²) < 4.78 is 0. The van der Waals surface area contributed by atoms with Gasteiger partial charge in [-0.05, 0) is 39.5 Å². The number of unbranched alkanes of at least 4 members (excludes halogenated alkanes) is 2. The number of carbonyl (C=O) groups excluding carboxylic acids is 5. The van der Waals surface area contributed by atoms with Crippen molar-refractivity contribution in [1.82, 2.24) is 20.4 Å². The maximum absolute atomic E-state index is 12.8. The van der Waals surface area contributed by atoms with Crippen molar-refractivity contribution in [3.8, 4) is 0 Å². The second kappa shape index (κ2) is 14.6. The van der Waals surface area contributed by atoms with Crippen molar-refractivity contribution in [2.75, 3.05) is 32.9 Å². The number of carbonyl (C=O) groups is 5. The lowest BCUT2D eigenvalue weighted by atomic mass is 9.86. The number of likely N-dealkylation sites (tertiary alicyclic amines) is 1. The Morgan fingerprint density at radius 1 is 1.11 bits per heavy atom. The number of nitrogens with one attached hydrogen (secondary N) is 2. The highest BCUT2D eigenvalue weighted by Crippen LogP contribution is 2.27. The predicted octanol–water partition coefficient (Wildman–Crippen LogP) is 1.98. The molecular formula is C25H44N4O5S. The Labute approximate surface area is 214 Å². The Kier molecular flexibility index (Phi) is 13.0. The van der Waals surface area contributed by atoms with Crippen molar-refractivity contribution >= 4 is 41.2 Å². The minimum Gasteiger partial charge on any atom is -0.353 e. The molecule has 4 amide bonds. The number of thioether (sulfide) groups is 1. The number of rotatable bonds is 15. The summed E-state index contributed by atoms with van der Waals surface area (Å²) >= 11 is 1.51. The van der Waals surface area contributed by atoms with Crippen molar-refractivity contribution in [1.29, 1.82) is 0 Å². The third kappa shape index (κ3) is 9.91. The Morgan fingerprint density at radius 2 is 1.77 bits per heavy atom. The van der Waals surface area contributed by atoms with E-state index in [4.69, 9.17) is 0 Å². The van der Waals surface area contributed by atoms with Gasteiger partial charge < -0.3 is 15.5 Å². The molecule has 1 aliphatic rings. The lowest BCUT2D eigenvalue weighted by molar-refractivity contribution is -0.142. The van der Waals surface area contributed by atoms with Gasteiger partial charge in [0.2, 0.25) is 23.6 Å². The molecule has 2 atom stereocenters. The molecule has 0 saturated carbocycles. The number of Topliss-reactive ketones (excluding diaryl/α,β-unsaturated/α-hetero) is 1. The highest BCUT2D eigenvalue weighted by atomic mass is 32.2. The molecule has 0 aromatic rings. The molecule has 1 fully saturated rings. The molecule has 35 heavy (non-hydrogen) atoms. The van der Waals surface area contributed by atoms with Gasteiger partial charge in [-0.1, -0.05) is 27.2 Å². The first-order valence-electron chi connectivity index (χ1n) is 12.5. The molecule has 2 N–H and O–H groups in total. The summed E-state index contributed by atoms with van der Waals surface area (Å²) in [5.41, 5.74) is -0.595. The number of ketones is 1. The van der Waals surface area contributed by atoms with Crippen LogP contribution < -0.4 is 10.6 Å². The van der Waals surface area contributed by atoms with Gasteiger partial charge in [-0.25, -0.2) is 0 Å². The van der Waals surface area contributed by atoms with Gasteiger partial charge in [-0.2, -0.15) is 0 Å². The molecule has 1 rings (SSSR count). The highest BCUT2D eigenvalue weighted by molar-refractivity contribution is 8.00. The smallest absolute Gasteiger partial charge is 0.243 e. The first-order valence-corrected chi connectivity index (χ1v) is 13.5. The maximum Gasteiger partial charge on any atom is 0.243 e. The molecule has 0 bridgehead atoms. The van der Waals surface area contributed by atoms with E-state index in [1.165, 1.54) is 21.6 Å². The molecule has 200 valence electrons. The molecule has 1 heterocycles. The van der Waals surface area contributed by atoms with Crippen LogP contribution in [-0.2, 0) is 24.0 Å². The van der Waals surface area contributed by atoms with E-state index in [2.05, 4.69) is 10.6 Å². The summed E-state index contributed by atoms with van der Waals surface area (Å²) in [6, 6.07) is -0.951. The zero-order valence-corrected chi connectivity index (χ0v) is 23.3. The third-order valence-corrected chi connectivity index (χ3v) is 7.36. The predicted molar refractivity (Wildman–Crippen MR) is 139 cm³/mol. The standard InChI is InChI=1S/C25H44N4O5S/c1-17(2)29-22(32)16-19(24(29)34)35-14-10-8-9-11-21(31)28(7)18(15-20(30)25(3,4)5)23(33)27-13-12-26-6/h17-19,26H,8-16H2,1-7H3,(H,27,33)/t18-,19?/m0/s1.